The second kappa shape index (κ2) is 4.95. The minimum Gasteiger partial charge on any atom is -0.508 e. The number of phenolic OH excluding ortho intramolecular Hbond substituents is 1. The zero-order valence-corrected chi connectivity index (χ0v) is 9.00. The van der Waals surface area contributed by atoms with Crippen LogP contribution in [0.5, 0.6) is 5.75 Å². The van der Waals surface area contributed by atoms with Crippen molar-refractivity contribution in [2.24, 2.45) is 0 Å². The molecule has 0 spiro atoms. The molecule has 1 aromatic rings. The predicted molar refractivity (Wildman–Crippen MR) is 58.1 cm³/mol. The van der Waals surface area contributed by atoms with Gasteiger partial charge in [-0.25, -0.2) is 13.1 Å². The number of hydrogen-bond acceptors (Lipinski definition) is 3. The van der Waals surface area contributed by atoms with Gasteiger partial charge in [-0.1, -0.05) is 6.08 Å². The van der Waals surface area contributed by atoms with Gasteiger partial charge < -0.3 is 5.11 Å². The molecule has 0 unspecified atom stereocenters. The van der Waals surface area contributed by atoms with Crippen LogP contribution >= 0.6 is 0 Å². The molecular weight excluding hydrogens is 214 g/mol. The Hall–Kier alpha value is -1.33. The van der Waals surface area contributed by atoms with Gasteiger partial charge in [-0.05, 0) is 30.7 Å². The van der Waals surface area contributed by atoms with Crippen LogP contribution in [0.1, 0.15) is 6.42 Å². The fraction of sp³-hybridized carbons (Fsp3) is 0.200. The van der Waals surface area contributed by atoms with E-state index in [1.165, 1.54) is 24.3 Å². The molecule has 0 saturated heterocycles. The molecule has 5 heteroatoms. The van der Waals surface area contributed by atoms with Gasteiger partial charge in [0, 0.05) is 6.54 Å². The van der Waals surface area contributed by atoms with Gasteiger partial charge in [0.2, 0.25) is 10.0 Å². The van der Waals surface area contributed by atoms with Crippen molar-refractivity contribution in [2.75, 3.05) is 6.54 Å². The summed E-state index contributed by atoms with van der Waals surface area (Å²) in [5.41, 5.74) is 0. The third-order valence-corrected chi connectivity index (χ3v) is 3.26. The average Bonchev–Trinajstić information content (AvgIpc) is 2.18. The SMILES string of the molecule is C=CCCNS(=O)(=O)c1ccc(O)cc1. The summed E-state index contributed by atoms with van der Waals surface area (Å²) in [4.78, 5) is 0.143. The van der Waals surface area contributed by atoms with E-state index in [0.717, 1.165) is 0 Å². The Morgan fingerprint density at radius 2 is 1.93 bits per heavy atom. The van der Waals surface area contributed by atoms with Crippen molar-refractivity contribution in [3.05, 3.63) is 36.9 Å². The smallest absolute Gasteiger partial charge is 0.240 e. The van der Waals surface area contributed by atoms with E-state index in [-0.39, 0.29) is 10.6 Å². The molecule has 2 N–H and O–H groups in total. The fourth-order valence-corrected chi connectivity index (χ4v) is 2.05. The van der Waals surface area contributed by atoms with Crippen LogP contribution in [0.3, 0.4) is 0 Å². The van der Waals surface area contributed by atoms with Crippen LogP contribution in [0.4, 0.5) is 0 Å². The molecule has 4 nitrogen and oxygen atoms in total. The van der Waals surface area contributed by atoms with Gasteiger partial charge in [-0.15, -0.1) is 6.58 Å². The van der Waals surface area contributed by atoms with Crippen LogP contribution in [0.2, 0.25) is 0 Å². The number of hydrogen-bond donors (Lipinski definition) is 2. The Morgan fingerprint density at radius 3 is 2.47 bits per heavy atom. The van der Waals surface area contributed by atoms with E-state index in [2.05, 4.69) is 11.3 Å². The van der Waals surface area contributed by atoms with Gasteiger partial charge in [-0.2, -0.15) is 0 Å². The van der Waals surface area contributed by atoms with Crippen molar-refractivity contribution in [1.82, 2.24) is 4.72 Å². The maximum absolute atomic E-state index is 11.6. The molecule has 0 aliphatic heterocycles. The van der Waals surface area contributed by atoms with Crippen molar-refractivity contribution in [3.63, 3.8) is 0 Å². The highest BCUT2D eigenvalue weighted by Crippen LogP contribution is 2.13. The van der Waals surface area contributed by atoms with Gasteiger partial charge in [0.25, 0.3) is 0 Å². The molecule has 1 rings (SSSR count). The standard InChI is InChI=1S/C10H13NO3S/c1-2-3-8-11-15(13,14)10-6-4-9(12)5-7-10/h2,4-7,11-12H,1,3,8H2. The zero-order chi connectivity index (χ0) is 11.3. The van der Waals surface area contributed by atoms with Crippen molar-refractivity contribution in [2.45, 2.75) is 11.3 Å². The third kappa shape index (κ3) is 3.38. The van der Waals surface area contributed by atoms with Crippen molar-refractivity contribution in [3.8, 4) is 5.75 Å². The molecule has 0 aromatic heterocycles. The molecule has 0 bridgehead atoms. The molecule has 0 fully saturated rings. The summed E-state index contributed by atoms with van der Waals surface area (Å²) in [7, 11) is -3.46. The highest BCUT2D eigenvalue weighted by Gasteiger charge is 2.11. The van der Waals surface area contributed by atoms with Crippen LogP contribution in [-0.4, -0.2) is 20.1 Å². The topological polar surface area (TPSA) is 66.4 Å². The third-order valence-electron chi connectivity index (χ3n) is 1.79. The minimum absolute atomic E-state index is 0.0417. The van der Waals surface area contributed by atoms with Gasteiger partial charge >= 0.3 is 0 Å². The Kier molecular flexibility index (Phi) is 3.88. The summed E-state index contributed by atoms with van der Waals surface area (Å²) in [6, 6.07) is 5.38. The lowest BCUT2D eigenvalue weighted by Crippen LogP contribution is -2.24. The first-order valence-corrected chi connectivity index (χ1v) is 5.94. The quantitative estimate of drug-likeness (QED) is 0.587. The monoisotopic (exact) mass is 227 g/mol. The maximum atomic E-state index is 11.6. The van der Waals surface area contributed by atoms with Crippen LogP contribution in [0, 0.1) is 0 Å². The lowest BCUT2D eigenvalue weighted by Gasteiger charge is -2.05. The Bertz CT molecular complexity index is 422. The molecular formula is C10H13NO3S. The van der Waals surface area contributed by atoms with E-state index in [9.17, 15) is 8.42 Å². The fourth-order valence-electron chi connectivity index (χ4n) is 1.00. The number of phenols is 1. The molecule has 0 atom stereocenters. The molecule has 0 aliphatic carbocycles. The Morgan fingerprint density at radius 1 is 1.33 bits per heavy atom. The van der Waals surface area contributed by atoms with Crippen LogP contribution in [-0.2, 0) is 10.0 Å². The molecule has 0 aliphatic rings. The van der Waals surface area contributed by atoms with E-state index < -0.39 is 10.0 Å². The first-order valence-electron chi connectivity index (χ1n) is 4.46. The molecule has 0 heterocycles. The van der Waals surface area contributed by atoms with Crippen molar-refractivity contribution < 1.29 is 13.5 Å². The van der Waals surface area contributed by atoms with E-state index >= 15 is 0 Å². The summed E-state index contributed by atoms with van der Waals surface area (Å²) in [6.45, 7) is 3.82. The number of benzene rings is 1. The van der Waals surface area contributed by atoms with Crippen LogP contribution in [0.15, 0.2) is 41.8 Å². The molecule has 0 amide bonds. The molecule has 15 heavy (non-hydrogen) atoms. The summed E-state index contributed by atoms with van der Waals surface area (Å²) >= 11 is 0. The minimum atomic E-state index is -3.46. The summed E-state index contributed by atoms with van der Waals surface area (Å²) in [6.07, 6.45) is 2.22. The highest BCUT2D eigenvalue weighted by atomic mass is 32.2. The number of aromatic hydroxyl groups is 1. The lowest BCUT2D eigenvalue weighted by molar-refractivity contribution is 0.474. The largest absolute Gasteiger partial charge is 0.508 e. The first-order chi connectivity index (χ1) is 7.06. The van der Waals surface area contributed by atoms with Gasteiger partial charge in [0.05, 0.1) is 4.90 Å². The Balaban J connectivity index is 2.77. The molecule has 0 radical (unpaired) electrons. The average molecular weight is 227 g/mol. The molecule has 82 valence electrons. The van der Waals surface area contributed by atoms with E-state index in [4.69, 9.17) is 5.11 Å². The van der Waals surface area contributed by atoms with E-state index in [1.54, 1.807) is 6.08 Å². The lowest BCUT2D eigenvalue weighted by atomic mass is 10.3. The first kappa shape index (κ1) is 11.7. The molecule has 1 aromatic carbocycles. The van der Waals surface area contributed by atoms with Crippen molar-refractivity contribution in [1.29, 1.82) is 0 Å². The maximum Gasteiger partial charge on any atom is 0.240 e. The van der Waals surface area contributed by atoms with Crippen molar-refractivity contribution >= 4 is 10.0 Å². The number of rotatable bonds is 5. The molecule has 0 saturated carbocycles. The van der Waals surface area contributed by atoms with E-state index in [0.29, 0.717) is 13.0 Å². The number of nitrogens with one attached hydrogen (secondary N) is 1. The summed E-state index contributed by atoms with van der Waals surface area (Å²) < 4.78 is 25.6. The van der Waals surface area contributed by atoms with Gasteiger partial charge in [0.1, 0.15) is 5.75 Å². The summed E-state index contributed by atoms with van der Waals surface area (Å²) in [5, 5.41) is 9.01. The second-order valence-electron chi connectivity index (χ2n) is 2.97. The normalized spacial score (nSPS) is 11.2. The predicted octanol–water partition coefficient (Wildman–Crippen LogP) is 1.25. The zero-order valence-electron chi connectivity index (χ0n) is 8.18. The second-order valence-corrected chi connectivity index (χ2v) is 4.74. The summed E-state index contributed by atoms with van der Waals surface area (Å²) in [5.74, 6) is 0.0417. The van der Waals surface area contributed by atoms with Crippen LogP contribution < -0.4 is 4.72 Å². The van der Waals surface area contributed by atoms with Gasteiger partial charge in [-0.3, -0.25) is 0 Å². The van der Waals surface area contributed by atoms with Crippen LogP contribution in [0.25, 0.3) is 0 Å². The van der Waals surface area contributed by atoms with E-state index in [1.807, 2.05) is 0 Å². The highest BCUT2D eigenvalue weighted by molar-refractivity contribution is 7.89. The number of sulfonamides is 1. The Labute approximate surface area is 89.3 Å². The van der Waals surface area contributed by atoms with Gasteiger partial charge in [0.15, 0.2) is 0 Å².